The smallest absolute Gasteiger partial charge is 0.151 e. The lowest BCUT2D eigenvalue weighted by Crippen LogP contribution is -1.99. The average Bonchev–Trinajstić information content (AvgIpc) is 2.53. The van der Waals surface area contributed by atoms with Crippen molar-refractivity contribution in [2.24, 2.45) is 0 Å². The van der Waals surface area contributed by atoms with Crippen LogP contribution >= 0.6 is 23.2 Å². The van der Waals surface area contributed by atoms with Crippen molar-refractivity contribution in [2.45, 2.75) is 27.7 Å². The van der Waals surface area contributed by atoms with E-state index in [1.165, 1.54) is 6.20 Å². The predicted molar refractivity (Wildman–Crippen MR) is 93.8 cm³/mol. The molecule has 0 fully saturated rings. The van der Waals surface area contributed by atoms with Crippen molar-refractivity contribution in [3.8, 4) is 0 Å². The zero-order chi connectivity index (χ0) is 16.8. The molecule has 8 heteroatoms. The average molecular weight is 345 g/mol. The van der Waals surface area contributed by atoms with Crippen LogP contribution in [0, 0.1) is 0 Å². The van der Waals surface area contributed by atoms with E-state index in [2.05, 4.69) is 30.8 Å². The van der Waals surface area contributed by atoms with Crippen molar-refractivity contribution in [3.05, 3.63) is 34.8 Å². The fraction of sp³-hybridized carbons (Fsp3) is 0.429. The zero-order valence-corrected chi connectivity index (χ0v) is 14.8. The third-order valence-corrected chi connectivity index (χ3v) is 2.34. The number of rotatable bonds is 4. The molecule has 0 saturated carbocycles. The van der Waals surface area contributed by atoms with Crippen LogP contribution in [0.5, 0.6) is 0 Å². The van der Waals surface area contributed by atoms with E-state index in [1.807, 2.05) is 27.7 Å². The van der Waals surface area contributed by atoms with E-state index in [4.69, 9.17) is 23.2 Å². The Morgan fingerprint density at radius 3 is 2.00 bits per heavy atom. The van der Waals surface area contributed by atoms with Crippen molar-refractivity contribution in [3.63, 3.8) is 0 Å². The standard InChI is InChI=1S/2C6H8ClN3.C2H6/c1-2-9-6-4-8-3-5(7)10-6;1-2-8-6-4-3-5(7)9-10-6;1-2/h3-4H,2H2,1H3,(H,9,10);3-4H,2H2,1H3,(H,8,10);1-2H3. The molecule has 0 atom stereocenters. The van der Waals surface area contributed by atoms with Gasteiger partial charge in [-0.3, -0.25) is 4.98 Å². The van der Waals surface area contributed by atoms with Crippen LogP contribution in [-0.4, -0.2) is 33.3 Å². The van der Waals surface area contributed by atoms with E-state index in [1.54, 1.807) is 18.3 Å². The Kier molecular flexibility index (Phi) is 12.1. The molecule has 0 bridgehead atoms. The summed E-state index contributed by atoms with van der Waals surface area (Å²) >= 11 is 11.1. The molecule has 0 amide bonds. The summed E-state index contributed by atoms with van der Waals surface area (Å²) in [5.74, 6) is 1.47. The van der Waals surface area contributed by atoms with Gasteiger partial charge >= 0.3 is 0 Å². The molecule has 2 aromatic rings. The van der Waals surface area contributed by atoms with E-state index in [0.717, 1.165) is 24.7 Å². The molecular weight excluding hydrogens is 323 g/mol. The fourth-order valence-corrected chi connectivity index (χ4v) is 1.45. The third-order valence-electron chi connectivity index (χ3n) is 1.95. The molecule has 2 heterocycles. The first-order valence-electron chi connectivity index (χ1n) is 7.10. The minimum Gasteiger partial charge on any atom is -0.369 e. The van der Waals surface area contributed by atoms with Gasteiger partial charge in [0.15, 0.2) is 5.15 Å². The van der Waals surface area contributed by atoms with Crippen LogP contribution in [0.2, 0.25) is 10.3 Å². The first kappa shape index (κ1) is 20.3. The topological polar surface area (TPSA) is 75.6 Å². The molecule has 2 N–H and O–H groups in total. The zero-order valence-electron chi connectivity index (χ0n) is 13.3. The molecule has 0 saturated heterocycles. The highest BCUT2D eigenvalue weighted by Crippen LogP contribution is 2.05. The van der Waals surface area contributed by atoms with Gasteiger partial charge in [-0.2, -0.15) is 0 Å². The monoisotopic (exact) mass is 344 g/mol. The summed E-state index contributed by atoms with van der Waals surface area (Å²) in [5, 5.41) is 14.3. The second kappa shape index (κ2) is 13.0. The van der Waals surface area contributed by atoms with Gasteiger partial charge in [0.1, 0.15) is 16.8 Å². The minimum absolute atomic E-state index is 0.415. The number of anilines is 2. The lowest BCUT2D eigenvalue weighted by molar-refractivity contribution is 1.01. The second-order valence-electron chi connectivity index (χ2n) is 3.53. The quantitative estimate of drug-likeness (QED) is 0.867. The fourth-order valence-electron chi connectivity index (χ4n) is 1.20. The highest BCUT2D eigenvalue weighted by atomic mass is 35.5. The predicted octanol–water partition coefficient (Wildman–Crippen LogP) is 4.15. The van der Waals surface area contributed by atoms with Gasteiger partial charge in [-0.05, 0) is 26.0 Å². The number of halogens is 2. The highest BCUT2D eigenvalue weighted by Gasteiger charge is 1.92. The number of aromatic nitrogens is 4. The van der Waals surface area contributed by atoms with Gasteiger partial charge in [0.25, 0.3) is 0 Å². The molecule has 2 rings (SSSR count). The van der Waals surface area contributed by atoms with Crippen molar-refractivity contribution in [1.82, 2.24) is 20.2 Å². The Morgan fingerprint density at radius 2 is 1.50 bits per heavy atom. The summed E-state index contributed by atoms with van der Waals surface area (Å²) in [6, 6.07) is 3.49. The van der Waals surface area contributed by atoms with Crippen LogP contribution < -0.4 is 10.6 Å². The summed E-state index contributed by atoms with van der Waals surface area (Å²) in [4.78, 5) is 7.80. The third kappa shape index (κ3) is 9.31. The van der Waals surface area contributed by atoms with Crippen LogP contribution in [0.25, 0.3) is 0 Å². The summed E-state index contributed by atoms with van der Waals surface area (Å²) in [5.41, 5.74) is 0. The largest absolute Gasteiger partial charge is 0.369 e. The number of nitrogens with zero attached hydrogens (tertiary/aromatic N) is 4. The maximum absolute atomic E-state index is 5.57. The van der Waals surface area contributed by atoms with E-state index >= 15 is 0 Å². The van der Waals surface area contributed by atoms with Crippen molar-refractivity contribution >= 4 is 34.8 Å². The first-order chi connectivity index (χ1) is 10.7. The van der Waals surface area contributed by atoms with Crippen LogP contribution in [0.4, 0.5) is 11.6 Å². The van der Waals surface area contributed by atoms with Crippen molar-refractivity contribution in [1.29, 1.82) is 0 Å². The Balaban J connectivity index is 0.000000360. The summed E-state index contributed by atoms with van der Waals surface area (Å²) in [6.45, 7) is 9.66. The maximum atomic E-state index is 5.57. The van der Waals surface area contributed by atoms with Crippen molar-refractivity contribution < 1.29 is 0 Å². The molecule has 6 nitrogen and oxygen atoms in total. The lowest BCUT2D eigenvalue weighted by Gasteiger charge is -1.99. The molecular formula is C14H22Cl2N6. The van der Waals surface area contributed by atoms with Crippen LogP contribution in [0.15, 0.2) is 24.5 Å². The molecule has 0 spiro atoms. The van der Waals surface area contributed by atoms with Gasteiger partial charge in [-0.1, -0.05) is 37.0 Å². The Labute approximate surface area is 141 Å². The number of nitrogens with one attached hydrogen (secondary N) is 2. The minimum atomic E-state index is 0.415. The van der Waals surface area contributed by atoms with E-state index in [9.17, 15) is 0 Å². The molecule has 0 aliphatic heterocycles. The molecule has 0 aliphatic rings. The van der Waals surface area contributed by atoms with Gasteiger partial charge < -0.3 is 10.6 Å². The van der Waals surface area contributed by atoms with Gasteiger partial charge in [0, 0.05) is 13.1 Å². The molecule has 0 aliphatic carbocycles. The van der Waals surface area contributed by atoms with Crippen molar-refractivity contribution in [2.75, 3.05) is 23.7 Å². The van der Waals surface area contributed by atoms with Crippen LogP contribution in [0.3, 0.4) is 0 Å². The maximum Gasteiger partial charge on any atom is 0.151 e. The Bertz CT molecular complexity index is 507. The van der Waals surface area contributed by atoms with E-state index < -0.39 is 0 Å². The molecule has 122 valence electrons. The summed E-state index contributed by atoms with van der Waals surface area (Å²) in [6.07, 6.45) is 3.14. The Morgan fingerprint density at radius 1 is 0.864 bits per heavy atom. The normalized spacial score (nSPS) is 8.82. The summed E-state index contributed by atoms with van der Waals surface area (Å²) < 4.78 is 0. The van der Waals surface area contributed by atoms with Gasteiger partial charge in [-0.15, -0.1) is 10.2 Å². The molecule has 0 aromatic carbocycles. The summed E-state index contributed by atoms with van der Waals surface area (Å²) in [7, 11) is 0. The molecule has 2 aromatic heterocycles. The Hall–Kier alpha value is -1.66. The second-order valence-corrected chi connectivity index (χ2v) is 4.30. The van der Waals surface area contributed by atoms with Crippen LogP contribution in [0.1, 0.15) is 27.7 Å². The highest BCUT2D eigenvalue weighted by molar-refractivity contribution is 6.29. The van der Waals surface area contributed by atoms with Crippen LogP contribution in [-0.2, 0) is 0 Å². The van der Waals surface area contributed by atoms with E-state index in [-0.39, 0.29) is 0 Å². The molecule has 0 unspecified atom stereocenters. The molecule has 22 heavy (non-hydrogen) atoms. The molecule has 0 radical (unpaired) electrons. The SMILES string of the molecule is CC.CCNc1ccc(Cl)nn1.CCNc1cncc(Cl)n1. The lowest BCUT2D eigenvalue weighted by atomic mass is 10.5. The van der Waals surface area contributed by atoms with Gasteiger partial charge in [0.05, 0.1) is 12.4 Å². The van der Waals surface area contributed by atoms with Gasteiger partial charge in [0.2, 0.25) is 0 Å². The van der Waals surface area contributed by atoms with Gasteiger partial charge in [-0.25, -0.2) is 4.98 Å². The number of hydrogen-bond acceptors (Lipinski definition) is 6. The number of hydrogen-bond donors (Lipinski definition) is 2. The first-order valence-corrected chi connectivity index (χ1v) is 7.85. The van der Waals surface area contributed by atoms with E-state index in [0.29, 0.717) is 10.3 Å².